The third kappa shape index (κ3) is 61.0. The van der Waals surface area contributed by atoms with E-state index >= 15 is 0 Å². The third-order valence-electron chi connectivity index (χ3n) is 14.3. The average molecular weight is 1110 g/mol. The summed E-state index contributed by atoms with van der Waals surface area (Å²) in [6.07, 6.45) is 85.1. The van der Waals surface area contributed by atoms with Gasteiger partial charge in [-0.25, -0.2) is 0 Å². The Morgan fingerprint density at radius 1 is 0.462 bits per heavy atom. The van der Waals surface area contributed by atoms with Gasteiger partial charge in [0.2, 0.25) is 5.91 Å². The van der Waals surface area contributed by atoms with E-state index < -0.39 is 26.6 Å². The van der Waals surface area contributed by atoms with Crippen molar-refractivity contribution in [2.24, 2.45) is 0 Å². The Morgan fingerprint density at radius 2 is 0.795 bits per heavy atom. The van der Waals surface area contributed by atoms with Crippen LogP contribution in [-0.4, -0.2) is 68.5 Å². The summed E-state index contributed by atoms with van der Waals surface area (Å²) in [6.45, 7) is 4.53. The molecule has 2 N–H and O–H groups in total. The maximum absolute atomic E-state index is 13.0. The van der Waals surface area contributed by atoms with E-state index in [0.717, 1.165) is 77.0 Å². The molecular formula is C69H125N2O6P. The maximum Gasteiger partial charge on any atom is 0.268 e. The quantitative estimate of drug-likeness (QED) is 0.0272. The van der Waals surface area contributed by atoms with Crippen LogP contribution in [0.1, 0.15) is 284 Å². The lowest BCUT2D eigenvalue weighted by atomic mass is 10.0. The molecular weight excluding hydrogens is 984 g/mol. The van der Waals surface area contributed by atoms with Gasteiger partial charge in [-0.15, -0.1) is 0 Å². The summed E-state index contributed by atoms with van der Waals surface area (Å²) < 4.78 is 23.4. The molecule has 0 fully saturated rings. The van der Waals surface area contributed by atoms with Crippen LogP contribution in [-0.2, 0) is 18.4 Å². The molecule has 0 aromatic rings. The highest BCUT2D eigenvalue weighted by atomic mass is 31.2. The summed E-state index contributed by atoms with van der Waals surface area (Å²) in [4.78, 5) is 25.6. The molecule has 1 amide bonds. The van der Waals surface area contributed by atoms with Crippen LogP contribution in [0.5, 0.6) is 0 Å². The summed E-state index contributed by atoms with van der Waals surface area (Å²) >= 11 is 0. The fourth-order valence-corrected chi connectivity index (χ4v) is 9.94. The van der Waals surface area contributed by atoms with Gasteiger partial charge < -0.3 is 28.8 Å². The standard InChI is InChI=1S/C69H125N2O6P/c1-6-8-10-12-14-16-18-20-22-24-26-28-30-31-32-33-34-35-36-37-38-39-41-43-45-47-49-51-53-55-57-59-61-63-69(73)70-67(66-77-78(74,75)76-65-64-71(3,4)5)68(72)62-60-58-56-54-52-50-48-46-44-42-40-29-27-25-23-21-19-17-15-13-11-9-7-2/h8,10,14,16,20,22,26,28,31-32,44,46,52,54,60,62,67-68,72H,6-7,9,11-13,15,17-19,21,23-25,27,29-30,33-43,45,47-51,53,55-59,61,63-66H2,1-5H3,(H-,70,73,74,75)/b10-8-,16-14-,22-20-,28-26-,32-31-,46-44+,54-52+,62-60+. The van der Waals surface area contributed by atoms with Gasteiger partial charge in [0.15, 0.2) is 0 Å². The molecule has 0 aliphatic carbocycles. The van der Waals surface area contributed by atoms with E-state index in [4.69, 9.17) is 9.05 Å². The van der Waals surface area contributed by atoms with Crippen molar-refractivity contribution in [2.75, 3.05) is 40.9 Å². The molecule has 0 aromatic carbocycles. The van der Waals surface area contributed by atoms with Gasteiger partial charge >= 0.3 is 0 Å². The highest BCUT2D eigenvalue weighted by molar-refractivity contribution is 7.45. The van der Waals surface area contributed by atoms with Gasteiger partial charge in [0, 0.05) is 6.42 Å². The third-order valence-corrected chi connectivity index (χ3v) is 15.2. The Morgan fingerprint density at radius 3 is 1.19 bits per heavy atom. The number of nitrogens with zero attached hydrogens (tertiary/aromatic N) is 1. The highest BCUT2D eigenvalue weighted by Crippen LogP contribution is 2.38. The molecule has 0 aliphatic heterocycles. The van der Waals surface area contributed by atoms with Crippen molar-refractivity contribution in [1.29, 1.82) is 0 Å². The Balaban J connectivity index is 4.15. The molecule has 0 aliphatic rings. The Hall–Kier alpha value is -2.58. The van der Waals surface area contributed by atoms with Crippen molar-refractivity contribution in [1.82, 2.24) is 5.32 Å². The van der Waals surface area contributed by atoms with Crippen LogP contribution in [0.3, 0.4) is 0 Å². The average Bonchev–Trinajstić information content (AvgIpc) is 3.41. The number of carbonyl (C=O) groups is 1. The van der Waals surface area contributed by atoms with Crippen LogP contribution in [0.2, 0.25) is 0 Å². The Kier molecular flexibility index (Phi) is 57.1. The monoisotopic (exact) mass is 1110 g/mol. The predicted octanol–water partition coefficient (Wildman–Crippen LogP) is 19.9. The fourth-order valence-electron chi connectivity index (χ4n) is 9.21. The fraction of sp³-hybridized carbons (Fsp3) is 0.754. The maximum atomic E-state index is 13.0. The van der Waals surface area contributed by atoms with Crippen LogP contribution in [0.4, 0.5) is 0 Å². The van der Waals surface area contributed by atoms with Crippen molar-refractivity contribution in [3.8, 4) is 0 Å². The minimum atomic E-state index is -4.62. The molecule has 0 bridgehead atoms. The molecule has 9 heteroatoms. The largest absolute Gasteiger partial charge is 0.756 e. The highest BCUT2D eigenvalue weighted by Gasteiger charge is 2.23. The summed E-state index contributed by atoms with van der Waals surface area (Å²) in [5.74, 6) is -0.211. The van der Waals surface area contributed by atoms with Gasteiger partial charge in [-0.2, -0.15) is 0 Å². The number of phosphoric acid groups is 1. The van der Waals surface area contributed by atoms with Crippen molar-refractivity contribution < 1.29 is 32.9 Å². The lowest BCUT2D eigenvalue weighted by molar-refractivity contribution is -0.870. The molecule has 0 spiro atoms. The first kappa shape index (κ1) is 75.4. The number of aliphatic hydroxyl groups is 1. The summed E-state index contributed by atoms with van der Waals surface area (Å²) in [7, 11) is 1.23. The molecule has 0 aromatic heterocycles. The first-order valence-electron chi connectivity index (χ1n) is 32.6. The second kappa shape index (κ2) is 59.1. The second-order valence-corrected chi connectivity index (χ2v) is 24.5. The smallest absolute Gasteiger partial charge is 0.268 e. The predicted molar refractivity (Wildman–Crippen MR) is 339 cm³/mol. The van der Waals surface area contributed by atoms with E-state index in [1.54, 1.807) is 6.08 Å². The Labute approximate surface area is 483 Å². The van der Waals surface area contributed by atoms with Crippen molar-refractivity contribution in [2.45, 2.75) is 296 Å². The summed E-state index contributed by atoms with van der Waals surface area (Å²) in [5, 5.41) is 13.9. The zero-order valence-corrected chi connectivity index (χ0v) is 52.5. The minimum absolute atomic E-state index is 0.0115. The molecule has 0 saturated carbocycles. The molecule has 3 atom stereocenters. The first-order valence-corrected chi connectivity index (χ1v) is 34.1. The molecule has 3 unspecified atom stereocenters. The number of unbranched alkanes of at least 4 members (excludes halogenated alkanes) is 32. The van der Waals surface area contributed by atoms with E-state index in [0.29, 0.717) is 17.4 Å². The van der Waals surface area contributed by atoms with Crippen LogP contribution in [0, 0.1) is 0 Å². The van der Waals surface area contributed by atoms with Crippen molar-refractivity contribution >= 4 is 13.7 Å². The van der Waals surface area contributed by atoms with Crippen LogP contribution in [0.25, 0.3) is 0 Å². The topological polar surface area (TPSA) is 108 Å². The zero-order chi connectivity index (χ0) is 57.0. The molecule has 0 rings (SSSR count). The van der Waals surface area contributed by atoms with Crippen LogP contribution >= 0.6 is 7.82 Å². The van der Waals surface area contributed by atoms with E-state index in [1.807, 2.05) is 27.2 Å². The molecule has 452 valence electrons. The number of rotatable bonds is 59. The number of amides is 1. The van der Waals surface area contributed by atoms with E-state index in [9.17, 15) is 19.4 Å². The zero-order valence-electron chi connectivity index (χ0n) is 51.6. The van der Waals surface area contributed by atoms with Gasteiger partial charge in [-0.05, 0) is 89.9 Å². The number of hydrogen-bond acceptors (Lipinski definition) is 6. The van der Waals surface area contributed by atoms with Gasteiger partial charge in [-0.3, -0.25) is 9.36 Å². The first-order chi connectivity index (χ1) is 38.0. The van der Waals surface area contributed by atoms with Crippen LogP contribution in [0.15, 0.2) is 97.2 Å². The lowest BCUT2D eigenvalue weighted by Gasteiger charge is -2.29. The SMILES string of the molecule is CC/C=C\C/C=C\C/C=C\C/C=C\C/C=C\CCCCCCCCCCCCCCCCCCCC(=O)NC(COP(=O)([O-])OCC[N+](C)(C)C)C(O)/C=C/CC/C=C/CC/C=C/CCCCCCCCCCCCCCC. The number of quaternary nitrogens is 1. The Bertz CT molecular complexity index is 1590. The number of nitrogens with one attached hydrogen (secondary N) is 1. The van der Waals surface area contributed by atoms with E-state index in [2.05, 4.69) is 104 Å². The summed E-state index contributed by atoms with van der Waals surface area (Å²) in [5.41, 5.74) is 0. The van der Waals surface area contributed by atoms with E-state index in [-0.39, 0.29) is 12.5 Å². The normalized spacial score (nSPS) is 14.4. The van der Waals surface area contributed by atoms with Gasteiger partial charge in [0.1, 0.15) is 13.2 Å². The number of likely N-dealkylation sites (N-methyl/N-ethyl adjacent to an activating group) is 1. The number of hydrogen-bond donors (Lipinski definition) is 2. The second-order valence-electron chi connectivity index (χ2n) is 23.1. The van der Waals surface area contributed by atoms with Crippen molar-refractivity contribution in [3.63, 3.8) is 0 Å². The summed E-state index contributed by atoms with van der Waals surface area (Å²) in [6, 6.07) is -0.915. The molecule has 78 heavy (non-hydrogen) atoms. The molecule has 0 radical (unpaired) electrons. The number of carbonyl (C=O) groups excluding carboxylic acids is 1. The van der Waals surface area contributed by atoms with Gasteiger partial charge in [0.25, 0.3) is 7.82 Å². The number of phosphoric ester groups is 1. The number of allylic oxidation sites excluding steroid dienone is 15. The number of aliphatic hydroxyl groups excluding tert-OH is 1. The van der Waals surface area contributed by atoms with Crippen molar-refractivity contribution in [3.05, 3.63) is 97.2 Å². The van der Waals surface area contributed by atoms with E-state index in [1.165, 1.54) is 186 Å². The lowest BCUT2D eigenvalue weighted by Crippen LogP contribution is -2.45. The molecule has 8 nitrogen and oxygen atoms in total. The molecule has 0 heterocycles. The van der Waals surface area contributed by atoms with Gasteiger partial charge in [-0.1, -0.05) is 284 Å². The van der Waals surface area contributed by atoms with Gasteiger partial charge in [0.05, 0.1) is 39.9 Å². The van der Waals surface area contributed by atoms with Crippen LogP contribution < -0.4 is 10.2 Å². The minimum Gasteiger partial charge on any atom is -0.756 e. The molecule has 0 saturated heterocycles.